The van der Waals surface area contributed by atoms with E-state index in [1.165, 1.54) is 64.5 Å². The number of benzene rings is 6. The van der Waals surface area contributed by atoms with Gasteiger partial charge in [0.2, 0.25) is 0 Å². The van der Waals surface area contributed by atoms with Gasteiger partial charge in [-0.3, -0.25) is 0 Å². The van der Waals surface area contributed by atoms with Crippen molar-refractivity contribution in [1.82, 2.24) is 4.57 Å². The monoisotopic (exact) mass is 530 g/mol. The van der Waals surface area contributed by atoms with Gasteiger partial charge >= 0.3 is 0 Å². The molecule has 0 spiro atoms. The normalized spacial score (nSPS) is 11.6. The first kappa shape index (κ1) is 23.1. The van der Waals surface area contributed by atoms with Crippen LogP contribution in [0.4, 0.5) is 11.4 Å². The summed E-state index contributed by atoms with van der Waals surface area (Å²) < 4.78 is 5.04. The van der Waals surface area contributed by atoms with Gasteiger partial charge in [-0.1, -0.05) is 72.8 Å². The molecule has 40 heavy (non-hydrogen) atoms. The maximum Gasteiger partial charge on any atom is 0.0542 e. The van der Waals surface area contributed by atoms with Crippen LogP contribution in [0.25, 0.3) is 58.8 Å². The summed E-state index contributed by atoms with van der Waals surface area (Å²) in [5, 5.41) is 5.20. The lowest BCUT2D eigenvalue weighted by Crippen LogP contribution is -2.09. The van der Waals surface area contributed by atoms with Crippen LogP contribution in [0.1, 0.15) is 0 Å². The minimum Gasteiger partial charge on any atom is -0.345 e. The Labute approximate surface area is 237 Å². The SMILES string of the molecule is CN(c1ccc(-c2ccc3sc4ccccc4c3c2)cc1)c1ccc2c(c1)c1ccccc1n2-c1ccccc1. The molecule has 2 aromatic heterocycles. The van der Waals surface area contributed by atoms with E-state index in [0.29, 0.717) is 0 Å². The highest BCUT2D eigenvalue weighted by Gasteiger charge is 2.14. The van der Waals surface area contributed by atoms with Crippen molar-refractivity contribution in [3.63, 3.8) is 0 Å². The molecule has 0 aliphatic heterocycles. The first-order valence-corrected chi connectivity index (χ1v) is 14.4. The van der Waals surface area contributed by atoms with E-state index in [1.54, 1.807) is 0 Å². The van der Waals surface area contributed by atoms with Crippen molar-refractivity contribution in [3.05, 3.63) is 140 Å². The fraction of sp³-hybridized carbons (Fsp3) is 0.0270. The molecule has 0 fully saturated rings. The number of fused-ring (bicyclic) bond motifs is 6. The quantitative estimate of drug-likeness (QED) is 0.220. The van der Waals surface area contributed by atoms with E-state index in [0.717, 1.165) is 5.69 Å². The number of thiophene rings is 1. The minimum atomic E-state index is 1.16. The standard InChI is InChI=1S/C37H26N2S/c1-38(27-18-15-25(16-19-27)26-17-22-37-33(23-26)31-12-6-8-14-36(31)40-37)29-20-21-35-32(24-29)30-11-5-7-13-34(30)39(35)28-9-3-2-4-10-28/h2-24H,1H3. The average molecular weight is 531 g/mol. The first-order chi connectivity index (χ1) is 19.7. The lowest BCUT2D eigenvalue weighted by molar-refractivity contribution is 1.17. The second-order valence-corrected chi connectivity index (χ2v) is 11.4. The summed E-state index contributed by atoms with van der Waals surface area (Å²) in [7, 11) is 2.15. The Balaban J connectivity index is 1.16. The van der Waals surface area contributed by atoms with Gasteiger partial charge in [0.1, 0.15) is 0 Å². The van der Waals surface area contributed by atoms with Crippen molar-refractivity contribution in [1.29, 1.82) is 0 Å². The fourth-order valence-corrected chi connectivity index (χ4v) is 7.04. The number of hydrogen-bond acceptors (Lipinski definition) is 2. The fourth-order valence-electron chi connectivity index (χ4n) is 5.96. The highest BCUT2D eigenvalue weighted by atomic mass is 32.1. The summed E-state index contributed by atoms with van der Waals surface area (Å²) in [5.74, 6) is 0. The molecular weight excluding hydrogens is 504 g/mol. The second-order valence-electron chi connectivity index (χ2n) is 10.3. The van der Waals surface area contributed by atoms with Crippen LogP contribution in [0.2, 0.25) is 0 Å². The van der Waals surface area contributed by atoms with E-state index >= 15 is 0 Å². The number of nitrogens with zero attached hydrogens (tertiary/aromatic N) is 2. The van der Waals surface area contributed by atoms with Crippen LogP contribution in [0, 0.1) is 0 Å². The zero-order chi connectivity index (χ0) is 26.6. The highest BCUT2D eigenvalue weighted by molar-refractivity contribution is 7.25. The largest absolute Gasteiger partial charge is 0.345 e. The van der Waals surface area contributed by atoms with Gasteiger partial charge in [-0.25, -0.2) is 0 Å². The van der Waals surface area contributed by atoms with Crippen LogP contribution in [-0.4, -0.2) is 11.6 Å². The summed E-state index contributed by atoms with van der Waals surface area (Å²) in [4.78, 5) is 2.27. The molecule has 0 saturated carbocycles. The van der Waals surface area contributed by atoms with Crippen molar-refractivity contribution in [2.24, 2.45) is 0 Å². The third-order valence-corrected chi connectivity index (χ3v) is 9.17. The highest BCUT2D eigenvalue weighted by Crippen LogP contribution is 2.38. The van der Waals surface area contributed by atoms with Crippen LogP contribution >= 0.6 is 11.3 Å². The van der Waals surface area contributed by atoms with Gasteiger partial charge in [-0.05, 0) is 77.9 Å². The molecule has 0 saturated heterocycles. The molecule has 6 aromatic carbocycles. The van der Waals surface area contributed by atoms with Crippen LogP contribution in [0.15, 0.2) is 140 Å². The Morgan fingerprint density at radius 1 is 0.475 bits per heavy atom. The first-order valence-electron chi connectivity index (χ1n) is 13.6. The Kier molecular flexibility index (Phi) is 5.26. The number of aromatic nitrogens is 1. The topological polar surface area (TPSA) is 8.17 Å². The number of para-hydroxylation sites is 2. The summed E-state index contributed by atoms with van der Waals surface area (Å²) in [6.07, 6.45) is 0. The summed E-state index contributed by atoms with van der Waals surface area (Å²) in [6.45, 7) is 0. The molecule has 0 radical (unpaired) electrons. The molecule has 0 atom stereocenters. The van der Waals surface area contributed by atoms with E-state index in [-0.39, 0.29) is 0 Å². The zero-order valence-electron chi connectivity index (χ0n) is 22.1. The Morgan fingerprint density at radius 2 is 1.12 bits per heavy atom. The molecule has 0 aliphatic rings. The molecule has 2 nitrogen and oxygen atoms in total. The predicted octanol–water partition coefficient (Wildman–Crippen LogP) is 10.6. The molecule has 8 rings (SSSR count). The number of hydrogen-bond donors (Lipinski definition) is 0. The average Bonchev–Trinajstić information content (AvgIpc) is 3.56. The maximum atomic E-state index is 2.36. The van der Waals surface area contributed by atoms with Gasteiger partial charge in [-0.15, -0.1) is 11.3 Å². The molecule has 0 unspecified atom stereocenters. The summed E-state index contributed by atoms with van der Waals surface area (Å²) in [5.41, 5.74) is 8.44. The number of rotatable bonds is 4. The molecule has 0 aliphatic carbocycles. The molecule has 190 valence electrons. The van der Waals surface area contributed by atoms with Gasteiger partial charge in [0.25, 0.3) is 0 Å². The van der Waals surface area contributed by atoms with E-state index < -0.39 is 0 Å². The molecule has 0 N–H and O–H groups in total. The van der Waals surface area contributed by atoms with Gasteiger partial charge in [0.05, 0.1) is 11.0 Å². The van der Waals surface area contributed by atoms with E-state index in [9.17, 15) is 0 Å². The van der Waals surface area contributed by atoms with Crippen LogP contribution in [-0.2, 0) is 0 Å². The van der Waals surface area contributed by atoms with Gasteiger partial charge in [-0.2, -0.15) is 0 Å². The molecule has 2 heterocycles. The molecule has 8 aromatic rings. The second kappa shape index (κ2) is 9.11. The maximum absolute atomic E-state index is 2.36. The van der Waals surface area contributed by atoms with E-state index in [2.05, 4.69) is 156 Å². The van der Waals surface area contributed by atoms with Crippen LogP contribution < -0.4 is 4.90 Å². The molecule has 3 heteroatoms. The smallest absolute Gasteiger partial charge is 0.0542 e. The van der Waals surface area contributed by atoms with Crippen molar-refractivity contribution < 1.29 is 0 Å². The van der Waals surface area contributed by atoms with Gasteiger partial charge in [0, 0.05) is 55.1 Å². The minimum absolute atomic E-state index is 1.16. The summed E-state index contributed by atoms with van der Waals surface area (Å²) >= 11 is 1.86. The predicted molar refractivity (Wildman–Crippen MR) is 174 cm³/mol. The third-order valence-electron chi connectivity index (χ3n) is 8.02. The van der Waals surface area contributed by atoms with Crippen molar-refractivity contribution in [2.45, 2.75) is 0 Å². The lowest BCUT2D eigenvalue weighted by atomic mass is 10.0. The van der Waals surface area contributed by atoms with Crippen molar-refractivity contribution in [3.8, 4) is 16.8 Å². The van der Waals surface area contributed by atoms with E-state index in [1.807, 2.05) is 11.3 Å². The van der Waals surface area contributed by atoms with Gasteiger partial charge < -0.3 is 9.47 Å². The van der Waals surface area contributed by atoms with Crippen LogP contribution in [0.5, 0.6) is 0 Å². The lowest BCUT2D eigenvalue weighted by Gasteiger charge is -2.20. The Bertz CT molecular complexity index is 2170. The molecule has 0 bridgehead atoms. The Hall–Kier alpha value is -4.86. The number of anilines is 2. The Morgan fingerprint density at radius 3 is 1.98 bits per heavy atom. The molecular formula is C37H26N2S. The summed E-state index contributed by atoms with van der Waals surface area (Å²) in [6, 6.07) is 50.5. The van der Waals surface area contributed by atoms with Crippen molar-refractivity contribution >= 4 is 64.7 Å². The molecule has 0 amide bonds. The zero-order valence-corrected chi connectivity index (χ0v) is 22.9. The third kappa shape index (κ3) is 3.63. The van der Waals surface area contributed by atoms with E-state index in [4.69, 9.17) is 0 Å². The van der Waals surface area contributed by atoms with Crippen LogP contribution in [0.3, 0.4) is 0 Å². The van der Waals surface area contributed by atoms with Gasteiger partial charge in [0.15, 0.2) is 0 Å². The van der Waals surface area contributed by atoms with Crippen molar-refractivity contribution in [2.75, 3.05) is 11.9 Å².